The van der Waals surface area contributed by atoms with E-state index in [1.807, 2.05) is 18.2 Å². The van der Waals surface area contributed by atoms with E-state index in [0.29, 0.717) is 17.6 Å². The molecule has 0 spiro atoms. The van der Waals surface area contributed by atoms with Crippen molar-refractivity contribution in [3.8, 4) is 0 Å². The minimum Gasteiger partial charge on any atom is -0.480 e. The van der Waals surface area contributed by atoms with Gasteiger partial charge < -0.3 is 9.67 Å². The van der Waals surface area contributed by atoms with Crippen LogP contribution in [0.25, 0.3) is 0 Å². The molecule has 5 nitrogen and oxygen atoms in total. The summed E-state index contributed by atoms with van der Waals surface area (Å²) in [5, 5.41) is 18.1. The monoisotopic (exact) mass is 345 g/mol. The third-order valence-corrected chi connectivity index (χ3v) is 5.60. The van der Waals surface area contributed by atoms with E-state index in [4.69, 9.17) is 0 Å². The summed E-state index contributed by atoms with van der Waals surface area (Å²) in [6.07, 6.45) is 6.05. The van der Waals surface area contributed by atoms with Crippen molar-refractivity contribution >= 4 is 17.7 Å². The molecular formula is C18H23N3O2S. The Bertz CT molecular complexity index is 681. The predicted octanol–water partition coefficient (Wildman–Crippen LogP) is 3.94. The van der Waals surface area contributed by atoms with E-state index in [-0.39, 0.29) is 0 Å². The van der Waals surface area contributed by atoms with E-state index in [1.165, 1.54) is 36.6 Å². The van der Waals surface area contributed by atoms with Crippen LogP contribution < -0.4 is 0 Å². The number of rotatable bonds is 6. The van der Waals surface area contributed by atoms with Crippen LogP contribution in [0.2, 0.25) is 0 Å². The summed E-state index contributed by atoms with van der Waals surface area (Å²) >= 11 is 1.27. The molecule has 0 saturated heterocycles. The lowest BCUT2D eigenvalue weighted by atomic mass is 9.88. The van der Waals surface area contributed by atoms with Gasteiger partial charge in [0, 0.05) is 5.92 Å². The summed E-state index contributed by atoms with van der Waals surface area (Å²) < 4.78 is 2.12. The number of carboxylic acids is 1. The number of carboxylic acid groups (broad SMARTS) is 1. The highest BCUT2D eigenvalue weighted by Gasteiger charge is 2.25. The lowest BCUT2D eigenvalue weighted by Crippen LogP contribution is -2.16. The molecule has 1 N–H and O–H groups in total. The third-order valence-electron chi connectivity index (χ3n) is 4.53. The molecule has 3 rings (SSSR count). The summed E-state index contributed by atoms with van der Waals surface area (Å²) in [4.78, 5) is 11.2. The number of carbonyl (C=O) groups is 1. The maximum Gasteiger partial charge on any atom is 0.316 e. The van der Waals surface area contributed by atoms with Gasteiger partial charge in [0.05, 0.1) is 6.54 Å². The lowest BCUT2D eigenvalue weighted by molar-refractivity contribution is -0.136. The first-order valence-corrected chi connectivity index (χ1v) is 9.39. The van der Waals surface area contributed by atoms with E-state index in [1.54, 1.807) is 6.92 Å². The third kappa shape index (κ3) is 3.98. The van der Waals surface area contributed by atoms with Crippen molar-refractivity contribution in [3.05, 3.63) is 41.7 Å². The summed E-state index contributed by atoms with van der Waals surface area (Å²) in [6.45, 7) is 2.38. The molecule has 1 aliphatic rings. The average molecular weight is 345 g/mol. The zero-order valence-electron chi connectivity index (χ0n) is 13.9. The van der Waals surface area contributed by atoms with Gasteiger partial charge in [-0.05, 0) is 25.3 Å². The molecule has 2 aromatic rings. The molecule has 24 heavy (non-hydrogen) atoms. The molecule has 128 valence electrons. The second-order valence-corrected chi connectivity index (χ2v) is 7.65. The second-order valence-electron chi connectivity index (χ2n) is 6.35. The molecule has 1 aliphatic carbocycles. The molecule has 0 radical (unpaired) electrons. The smallest absolute Gasteiger partial charge is 0.316 e. The van der Waals surface area contributed by atoms with Crippen molar-refractivity contribution < 1.29 is 9.90 Å². The Balaban J connectivity index is 1.90. The Morgan fingerprint density at radius 2 is 1.96 bits per heavy atom. The number of hydrogen-bond donors (Lipinski definition) is 1. The molecule has 1 atom stereocenters. The van der Waals surface area contributed by atoms with Gasteiger partial charge in [-0.1, -0.05) is 61.4 Å². The van der Waals surface area contributed by atoms with Crippen molar-refractivity contribution in [2.45, 2.75) is 61.9 Å². The fourth-order valence-corrected chi connectivity index (χ4v) is 3.96. The van der Waals surface area contributed by atoms with E-state index >= 15 is 0 Å². The Morgan fingerprint density at radius 3 is 2.62 bits per heavy atom. The van der Waals surface area contributed by atoms with Gasteiger partial charge in [0.25, 0.3) is 0 Å². The highest BCUT2D eigenvalue weighted by atomic mass is 32.2. The molecule has 0 unspecified atom stereocenters. The molecule has 0 amide bonds. The van der Waals surface area contributed by atoms with Crippen LogP contribution in [0.5, 0.6) is 0 Å². The van der Waals surface area contributed by atoms with Gasteiger partial charge in [-0.25, -0.2) is 0 Å². The maximum atomic E-state index is 11.2. The normalized spacial score (nSPS) is 16.9. The molecule has 0 bridgehead atoms. The van der Waals surface area contributed by atoms with E-state index < -0.39 is 11.2 Å². The van der Waals surface area contributed by atoms with Crippen LogP contribution in [0, 0.1) is 0 Å². The summed E-state index contributed by atoms with van der Waals surface area (Å²) in [7, 11) is 0. The number of aliphatic carboxylic acids is 1. The van der Waals surface area contributed by atoms with Crippen LogP contribution in [0.15, 0.2) is 35.5 Å². The van der Waals surface area contributed by atoms with Crippen molar-refractivity contribution in [1.82, 2.24) is 14.8 Å². The Kier molecular flexibility index (Phi) is 5.56. The van der Waals surface area contributed by atoms with Crippen LogP contribution >= 0.6 is 11.8 Å². The van der Waals surface area contributed by atoms with Gasteiger partial charge in [0.2, 0.25) is 0 Å². The number of benzene rings is 1. The number of nitrogens with zero attached hydrogens (tertiary/aromatic N) is 3. The van der Waals surface area contributed by atoms with Crippen LogP contribution in [0.1, 0.15) is 56.3 Å². The second kappa shape index (κ2) is 7.83. The Morgan fingerprint density at radius 1 is 1.25 bits per heavy atom. The van der Waals surface area contributed by atoms with Crippen LogP contribution in [0.4, 0.5) is 0 Å². The molecule has 6 heteroatoms. The van der Waals surface area contributed by atoms with Crippen LogP contribution in [-0.2, 0) is 11.3 Å². The fourth-order valence-electron chi connectivity index (χ4n) is 3.17. The molecule has 1 heterocycles. The van der Waals surface area contributed by atoms with E-state index in [0.717, 1.165) is 18.7 Å². The number of hydrogen-bond acceptors (Lipinski definition) is 4. The van der Waals surface area contributed by atoms with Crippen molar-refractivity contribution in [3.63, 3.8) is 0 Å². The van der Waals surface area contributed by atoms with E-state index in [2.05, 4.69) is 26.9 Å². The van der Waals surface area contributed by atoms with Crippen molar-refractivity contribution in [1.29, 1.82) is 0 Å². The standard InChI is InChI=1S/C18H23N3O2S/c1-13(17(22)23)24-18-20-19-16(15-10-6-3-7-11-15)21(18)12-14-8-4-2-5-9-14/h2,4-5,8-9,13,15H,3,6-7,10-12H2,1H3,(H,22,23)/t13-/m0/s1. The van der Waals surface area contributed by atoms with Gasteiger partial charge in [-0.3, -0.25) is 4.79 Å². The minimum absolute atomic E-state index is 0.435. The Labute approximate surface area is 146 Å². The quantitative estimate of drug-likeness (QED) is 0.803. The molecule has 1 fully saturated rings. The topological polar surface area (TPSA) is 68.0 Å². The highest BCUT2D eigenvalue weighted by molar-refractivity contribution is 8.00. The summed E-state index contributed by atoms with van der Waals surface area (Å²) in [6, 6.07) is 10.2. The first-order valence-electron chi connectivity index (χ1n) is 8.51. The Hall–Kier alpha value is -1.82. The van der Waals surface area contributed by atoms with Gasteiger partial charge in [-0.2, -0.15) is 0 Å². The first kappa shape index (κ1) is 17.0. The van der Waals surface area contributed by atoms with Gasteiger partial charge in [-0.15, -0.1) is 10.2 Å². The first-order chi connectivity index (χ1) is 11.6. The van der Waals surface area contributed by atoms with E-state index in [9.17, 15) is 9.90 Å². The predicted molar refractivity (Wildman–Crippen MR) is 94.3 cm³/mol. The maximum absolute atomic E-state index is 11.2. The molecule has 1 saturated carbocycles. The lowest BCUT2D eigenvalue weighted by Gasteiger charge is -2.22. The van der Waals surface area contributed by atoms with Gasteiger partial charge >= 0.3 is 5.97 Å². The zero-order valence-corrected chi connectivity index (χ0v) is 14.7. The summed E-state index contributed by atoms with van der Waals surface area (Å²) in [5.74, 6) is 0.622. The largest absolute Gasteiger partial charge is 0.480 e. The SMILES string of the molecule is C[C@H](Sc1nnc(C2CCCCC2)n1Cc1ccccc1)C(=O)O. The molecule has 1 aromatic heterocycles. The highest BCUT2D eigenvalue weighted by Crippen LogP contribution is 2.34. The van der Waals surface area contributed by atoms with Gasteiger partial charge in [0.15, 0.2) is 5.16 Å². The average Bonchev–Trinajstić information content (AvgIpc) is 2.99. The zero-order chi connectivity index (χ0) is 16.9. The van der Waals surface area contributed by atoms with Crippen molar-refractivity contribution in [2.24, 2.45) is 0 Å². The molecule has 1 aromatic carbocycles. The number of aromatic nitrogens is 3. The minimum atomic E-state index is -0.825. The van der Waals surface area contributed by atoms with Crippen LogP contribution in [-0.4, -0.2) is 31.1 Å². The van der Waals surface area contributed by atoms with Crippen molar-refractivity contribution in [2.75, 3.05) is 0 Å². The van der Waals surface area contributed by atoms with Crippen LogP contribution in [0.3, 0.4) is 0 Å². The van der Waals surface area contributed by atoms with Gasteiger partial charge in [0.1, 0.15) is 11.1 Å². The number of thioether (sulfide) groups is 1. The molecule has 0 aliphatic heterocycles. The fraction of sp³-hybridized carbons (Fsp3) is 0.500. The molecular weight excluding hydrogens is 322 g/mol. The summed E-state index contributed by atoms with van der Waals surface area (Å²) in [5.41, 5.74) is 1.18.